The Hall–Kier alpha value is -1.30. The SMILES string of the molecule is OCCOc1ccc(OCc2cnc(Cl)s2)cc1. The highest BCUT2D eigenvalue weighted by molar-refractivity contribution is 7.15. The normalized spacial score (nSPS) is 10.3. The second kappa shape index (κ2) is 6.58. The number of hydrogen-bond acceptors (Lipinski definition) is 5. The molecule has 0 unspecified atom stereocenters. The second-order valence-corrected chi connectivity index (χ2v) is 5.11. The molecule has 0 saturated heterocycles. The third kappa shape index (κ3) is 3.87. The summed E-state index contributed by atoms with van der Waals surface area (Å²) >= 11 is 7.12. The first-order chi connectivity index (χ1) is 8.78. The van der Waals surface area contributed by atoms with Crippen molar-refractivity contribution in [3.05, 3.63) is 39.8 Å². The van der Waals surface area contributed by atoms with Crippen molar-refractivity contribution in [3.8, 4) is 11.5 Å². The van der Waals surface area contributed by atoms with Crippen molar-refractivity contribution in [3.63, 3.8) is 0 Å². The number of aliphatic hydroxyl groups is 1. The fourth-order valence-corrected chi connectivity index (χ4v) is 2.19. The van der Waals surface area contributed by atoms with E-state index in [-0.39, 0.29) is 6.61 Å². The number of benzene rings is 1. The molecule has 1 N–H and O–H groups in total. The van der Waals surface area contributed by atoms with Gasteiger partial charge in [0.15, 0.2) is 4.47 Å². The number of rotatable bonds is 6. The summed E-state index contributed by atoms with van der Waals surface area (Å²) < 4.78 is 11.3. The summed E-state index contributed by atoms with van der Waals surface area (Å²) in [5, 5.41) is 8.63. The number of aliphatic hydroxyl groups excluding tert-OH is 1. The van der Waals surface area contributed by atoms with Crippen LogP contribution in [0.1, 0.15) is 4.88 Å². The van der Waals surface area contributed by atoms with Crippen molar-refractivity contribution in [2.45, 2.75) is 6.61 Å². The summed E-state index contributed by atoms with van der Waals surface area (Å²) in [6, 6.07) is 7.22. The lowest BCUT2D eigenvalue weighted by molar-refractivity contribution is 0.201. The van der Waals surface area contributed by atoms with Crippen LogP contribution >= 0.6 is 22.9 Å². The fourth-order valence-electron chi connectivity index (χ4n) is 1.30. The Kier molecular flexibility index (Phi) is 4.81. The zero-order chi connectivity index (χ0) is 12.8. The van der Waals surface area contributed by atoms with E-state index in [1.54, 1.807) is 18.3 Å². The quantitative estimate of drug-likeness (QED) is 0.887. The molecule has 4 nitrogen and oxygen atoms in total. The van der Waals surface area contributed by atoms with E-state index in [1.807, 2.05) is 12.1 Å². The molecule has 0 aliphatic heterocycles. The zero-order valence-corrected chi connectivity index (χ0v) is 11.1. The molecule has 0 fully saturated rings. The Bertz CT molecular complexity index is 486. The zero-order valence-electron chi connectivity index (χ0n) is 9.51. The van der Waals surface area contributed by atoms with Gasteiger partial charge in [-0.2, -0.15) is 0 Å². The van der Waals surface area contributed by atoms with Gasteiger partial charge in [-0.1, -0.05) is 11.6 Å². The van der Waals surface area contributed by atoms with E-state index in [2.05, 4.69) is 4.98 Å². The molecule has 1 aromatic carbocycles. The van der Waals surface area contributed by atoms with E-state index >= 15 is 0 Å². The number of thiazole rings is 1. The van der Waals surface area contributed by atoms with E-state index in [9.17, 15) is 0 Å². The predicted octanol–water partition coefficient (Wildman–Crippen LogP) is 2.75. The number of aromatic nitrogens is 1. The summed E-state index contributed by atoms with van der Waals surface area (Å²) in [6.07, 6.45) is 1.70. The van der Waals surface area contributed by atoms with Crippen LogP contribution in [0.5, 0.6) is 11.5 Å². The van der Waals surface area contributed by atoms with E-state index in [4.69, 9.17) is 26.2 Å². The lowest BCUT2D eigenvalue weighted by Gasteiger charge is -2.06. The minimum absolute atomic E-state index is 0.00435. The summed E-state index contributed by atoms with van der Waals surface area (Å²) in [5.74, 6) is 1.45. The first kappa shape index (κ1) is 13.1. The molecule has 0 aliphatic carbocycles. The van der Waals surface area contributed by atoms with Crippen LogP contribution in [0.25, 0.3) is 0 Å². The van der Waals surface area contributed by atoms with Crippen molar-refractivity contribution < 1.29 is 14.6 Å². The van der Waals surface area contributed by atoms with Gasteiger partial charge in [-0.3, -0.25) is 0 Å². The van der Waals surface area contributed by atoms with Crippen LogP contribution in [-0.2, 0) is 6.61 Å². The van der Waals surface area contributed by atoms with Crippen molar-refractivity contribution in [1.82, 2.24) is 4.98 Å². The van der Waals surface area contributed by atoms with Gasteiger partial charge in [0.1, 0.15) is 24.7 Å². The maximum Gasteiger partial charge on any atom is 0.183 e. The molecule has 0 saturated carbocycles. The summed E-state index contributed by atoms with van der Waals surface area (Å²) in [4.78, 5) is 4.91. The maximum atomic E-state index is 8.63. The molecule has 96 valence electrons. The molecule has 18 heavy (non-hydrogen) atoms. The highest BCUT2D eigenvalue weighted by Gasteiger charge is 2.01. The molecule has 1 aromatic heterocycles. The predicted molar refractivity (Wildman–Crippen MR) is 70.5 cm³/mol. The van der Waals surface area contributed by atoms with Gasteiger partial charge in [0.05, 0.1) is 11.5 Å². The molecular weight excluding hydrogens is 274 g/mol. The maximum absolute atomic E-state index is 8.63. The van der Waals surface area contributed by atoms with E-state index < -0.39 is 0 Å². The van der Waals surface area contributed by atoms with E-state index in [1.165, 1.54) is 11.3 Å². The van der Waals surface area contributed by atoms with Crippen LogP contribution in [0.4, 0.5) is 0 Å². The molecule has 0 radical (unpaired) electrons. The Morgan fingerprint density at radius 2 is 1.83 bits per heavy atom. The smallest absolute Gasteiger partial charge is 0.183 e. The van der Waals surface area contributed by atoms with Gasteiger partial charge in [-0.25, -0.2) is 4.98 Å². The first-order valence-electron chi connectivity index (χ1n) is 5.34. The van der Waals surface area contributed by atoms with Crippen LogP contribution in [0.15, 0.2) is 30.5 Å². The molecule has 1 heterocycles. The van der Waals surface area contributed by atoms with Crippen LogP contribution < -0.4 is 9.47 Å². The van der Waals surface area contributed by atoms with Gasteiger partial charge >= 0.3 is 0 Å². The van der Waals surface area contributed by atoms with Crippen molar-refractivity contribution in [2.24, 2.45) is 0 Å². The summed E-state index contributed by atoms with van der Waals surface area (Å²) in [7, 11) is 0. The molecule has 0 atom stereocenters. The Labute approximate surface area is 114 Å². The number of ether oxygens (including phenoxy) is 2. The standard InChI is InChI=1S/C12H12ClNO3S/c13-12-14-7-11(18-12)8-17-10-3-1-9(2-4-10)16-6-5-15/h1-4,7,15H,5-6,8H2. The number of halogens is 1. The van der Waals surface area contributed by atoms with Crippen molar-refractivity contribution in [2.75, 3.05) is 13.2 Å². The van der Waals surface area contributed by atoms with Gasteiger partial charge in [0.25, 0.3) is 0 Å². The topological polar surface area (TPSA) is 51.6 Å². The first-order valence-corrected chi connectivity index (χ1v) is 6.54. The van der Waals surface area contributed by atoms with Gasteiger partial charge in [-0.15, -0.1) is 11.3 Å². The average Bonchev–Trinajstić information content (AvgIpc) is 2.81. The lowest BCUT2D eigenvalue weighted by Crippen LogP contribution is -2.01. The lowest BCUT2D eigenvalue weighted by atomic mass is 10.3. The van der Waals surface area contributed by atoms with Crippen LogP contribution in [0.2, 0.25) is 4.47 Å². The van der Waals surface area contributed by atoms with Crippen LogP contribution in [-0.4, -0.2) is 23.3 Å². The third-order valence-corrected chi connectivity index (χ3v) is 3.18. The molecule has 0 bridgehead atoms. The third-order valence-electron chi connectivity index (χ3n) is 2.09. The number of hydrogen-bond donors (Lipinski definition) is 1. The highest BCUT2D eigenvalue weighted by atomic mass is 35.5. The molecule has 0 amide bonds. The highest BCUT2D eigenvalue weighted by Crippen LogP contribution is 2.21. The summed E-state index contributed by atoms with van der Waals surface area (Å²) in [6.45, 7) is 0.741. The molecular formula is C12H12ClNO3S. The van der Waals surface area contributed by atoms with Crippen LogP contribution in [0.3, 0.4) is 0 Å². The Morgan fingerprint density at radius 1 is 1.17 bits per heavy atom. The van der Waals surface area contributed by atoms with E-state index in [0.717, 1.165) is 10.6 Å². The monoisotopic (exact) mass is 285 g/mol. The molecule has 0 aliphatic rings. The van der Waals surface area contributed by atoms with Gasteiger partial charge in [0.2, 0.25) is 0 Å². The second-order valence-electron chi connectivity index (χ2n) is 3.41. The molecule has 6 heteroatoms. The van der Waals surface area contributed by atoms with Crippen molar-refractivity contribution in [1.29, 1.82) is 0 Å². The average molecular weight is 286 g/mol. The minimum atomic E-state index is 0.00435. The Balaban J connectivity index is 1.86. The Morgan fingerprint density at radius 3 is 2.39 bits per heavy atom. The van der Waals surface area contributed by atoms with Crippen LogP contribution in [0, 0.1) is 0 Å². The molecule has 2 rings (SSSR count). The van der Waals surface area contributed by atoms with E-state index in [0.29, 0.717) is 23.4 Å². The van der Waals surface area contributed by atoms with Gasteiger partial charge < -0.3 is 14.6 Å². The largest absolute Gasteiger partial charge is 0.491 e. The molecule has 0 spiro atoms. The fraction of sp³-hybridized carbons (Fsp3) is 0.250. The minimum Gasteiger partial charge on any atom is -0.491 e. The van der Waals surface area contributed by atoms with Gasteiger partial charge in [0, 0.05) is 6.20 Å². The molecule has 2 aromatic rings. The van der Waals surface area contributed by atoms with Crippen molar-refractivity contribution >= 4 is 22.9 Å². The number of nitrogens with zero attached hydrogens (tertiary/aromatic N) is 1. The van der Waals surface area contributed by atoms with Gasteiger partial charge in [-0.05, 0) is 24.3 Å². The summed E-state index contributed by atoms with van der Waals surface area (Å²) in [5.41, 5.74) is 0.